The smallest absolute Gasteiger partial charge is 0.363 e. The zero-order valence-corrected chi connectivity index (χ0v) is 10.6. The lowest BCUT2D eigenvalue weighted by molar-refractivity contribution is -0.132. The van der Waals surface area contributed by atoms with Crippen molar-refractivity contribution in [3.8, 4) is 5.75 Å². The summed E-state index contributed by atoms with van der Waals surface area (Å²) in [5.41, 5.74) is -0.0113. The number of ether oxygens (including phenoxy) is 2. The Kier molecular flexibility index (Phi) is 3.60. The molecule has 20 heavy (non-hydrogen) atoms. The van der Waals surface area contributed by atoms with E-state index >= 15 is 0 Å². The van der Waals surface area contributed by atoms with Crippen molar-refractivity contribution in [3.63, 3.8) is 0 Å². The maximum atomic E-state index is 13.6. The molecule has 0 saturated heterocycles. The molecule has 104 valence electrons. The Labute approximate surface area is 112 Å². The number of rotatable bonds is 2. The van der Waals surface area contributed by atoms with Gasteiger partial charge in [-0.2, -0.15) is 0 Å². The van der Waals surface area contributed by atoms with Gasteiger partial charge < -0.3 is 9.47 Å². The van der Waals surface area contributed by atoms with Gasteiger partial charge in [0, 0.05) is 13.8 Å². The van der Waals surface area contributed by atoms with E-state index in [0.717, 1.165) is 19.1 Å². The van der Waals surface area contributed by atoms with Crippen LogP contribution in [0.15, 0.2) is 22.8 Å². The molecule has 0 radical (unpaired) electrons. The predicted octanol–water partition coefficient (Wildman–Crippen LogP) is 2.21. The van der Waals surface area contributed by atoms with Gasteiger partial charge in [-0.15, -0.1) is 0 Å². The van der Waals surface area contributed by atoms with Crippen molar-refractivity contribution in [1.82, 2.24) is 0 Å². The van der Waals surface area contributed by atoms with E-state index in [1.807, 2.05) is 0 Å². The van der Waals surface area contributed by atoms with E-state index in [4.69, 9.17) is 0 Å². The van der Waals surface area contributed by atoms with Crippen molar-refractivity contribution >= 4 is 23.9 Å². The first-order chi connectivity index (χ1) is 9.36. The van der Waals surface area contributed by atoms with Crippen LogP contribution in [-0.4, -0.2) is 17.8 Å². The minimum Gasteiger partial charge on any atom is -0.420 e. The summed E-state index contributed by atoms with van der Waals surface area (Å²) < 4.78 is 36.3. The first-order valence-electron chi connectivity index (χ1n) is 5.53. The number of carbonyl (C=O) groups excluding carboxylic acids is 2. The van der Waals surface area contributed by atoms with Crippen molar-refractivity contribution in [2.75, 3.05) is 0 Å². The van der Waals surface area contributed by atoms with E-state index in [2.05, 4.69) is 14.5 Å². The number of esters is 2. The molecule has 5 nitrogen and oxygen atoms in total. The van der Waals surface area contributed by atoms with Gasteiger partial charge in [0.1, 0.15) is 0 Å². The zero-order chi connectivity index (χ0) is 14.9. The maximum absolute atomic E-state index is 13.6. The normalized spacial score (nSPS) is 16.1. The maximum Gasteiger partial charge on any atom is 0.363 e. The lowest BCUT2D eigenvalue weighted by atomic mass is 10.1. The molecule has 0 bridgehead atoms. The molecule has 1 aromatic rings. The first kappa shape index (κ1) is 13.9. The molecule has 0 aromatic heterocycles. The van der Waals surface area contributed by atoms with Gasteiger partial charge in [0.05, 0.1) is 0 Å². The second kappa shape index (κ2) is 5.20. The second-order valence-corrected chi connectivity index (χ2v) is 3.96. The highest BCUT2D eigenvalue weighted by molar-refractivity contribution is 6.06. The standard InChI is InChI=1S/C13H9F2NO4/c1-6-16-11(13(18)19-6)5-8-3-9(14)12(10(15)4-8)20-7(2)17/h3-5H,1-2H3/b11-5-. The topological polar surface area (TPSA) is 65.0 Å². The van der Waals surface area contributed by atoms with Crippen LogP contribution in [0.25, 0.3) is 6.08 Å². The third-order valence-corrected chi connectivity index (χ3v) is 2.30. The first-order valence-corrected chi connectivity index (χ1v) is 5.53. The quantitative estimate of drug-likeness (QED) is 0.473. The molecule has 0 spiro atoms. The number of nitrogens with zero attached hydrogens (tertiary/aromatic N) is 1. The fraction of sp³-hybridized carbons (Fsp3) is 0.154. The third-order valence-electron chi connectivity index (χ3n) is 2.30. The van der Waals surface area contributed by atoms with Crippen molar-refractivity contribution in [2.45, 2.75) is 13.8 Å². The van der Waals surface area contributed by atoms with Crippen LogP contribution in [0.3, 0.4) is 0 Å². The minimum atomic E-state index is -1.06. The molecule has 0 amide bonds. The van der Waals surface area contributed by atoms with E-state index in [1.165, 1.54) is 13.0 Å². The number of carbonyl (C=O) groups is 2. The molecule has 0 fully saturated rings. The SMILES string of the molecule is CC(=O)Oc1c(F)cc(/C=C2\N=C(C)OC2=O)cc1F. The fourth-order valence-electron chi connectivity index (χ4n) is 1.58. The molecule has 0 atom stereocenters. The summed E-state index contributed by atoms with van der Waals surface area (Å²) in [4.78, 5) is 25.8. The Bertz CT molecular complexity index is 641. The molecule has 0 N–H and O–H groups in total. The molecule has 0 saturated carbocycles. The van der Waals surface area contributed by atoms with Crippen LogP contribution >= 0.6 is 0 Å². The largest absolute Gasteiger partial charge is 0.420 e. The van der Waals surface area contributed by atoms with Gasteiger partial charge in [-0.25, -0.2) is 18.6 Å². The van der Waals surface area contributed by atoms with E-state index < -0.39 is 29.3 Å². The molecule has 7 heteroatoms. The Morgan fingerprint density at radius 3 is 2.40 bits per heavy atom. The van der Waals surface area contributed by atoms with Crippen LogP contribution in [0.4, 0.5) is 8.78 Å². The van der Waals surface area contributed by atoms with Gasteiger partial charge in [0.15, 0.2) is 23.2 Å². The van der Waals surface area contributed by atoms with E-state index in [-0.39, 0.29) is 17.2 Å². The third kappa shape index (κ3) is 2.87. The van der Waals surface area contributed by atoms with Gasteiger partial charge in [-0.3, -0.25) is 4.79 Å². The predicted molar refractivity (Wildman–Crippen MR) is 64.8 cm³/mol. The summed E-state index contributed by atoms with van der Waals surface area (Å²) in [5, 5.41) is 0. The highest BCUT2D eigenvalue weighted by atomic mass is 19.1. The van der Waals surface area contributed by atoms with Gasteiger partial charge in [-0.05, 0) is 23.8 Å². The minimum absolute atomic E-state index is 0.0568. The molecule has 0 aliphatic carbocycles. The van der Waals surface area contributed by atoms with Gasteiger partial charge in [0.2, 0.25) is 5.75 Å². The number of hydrogen-bond acceptors (Lipinski definition) is 5. The van der Waals surface area contributed by atoms with Gasteiger partial charge in [-0.1, -0.05) is 0 Å². The summed E-state index contributed by atoms with van der Waals surface area (Å²) in [6, 6.07) is 1.84. The van der Waals surface area contributed by atoms with Crippen LogP contribution < -0.4 is 4.74 Å². The van der Waals surface area contributed by atoms with Crippen molar-refractivity contribution in [3.05, 3.63) is 35.0 Å². The van der Waals surface area contributed by atoms with Crippen LogP contribution in [0, 0.1) is 11.6 Å². The number of hydrogen-bond donors (Lipinski definition) is 0. The van der Waals surface area contributed by atoms with Gasteiger partial charge in [0.25, 0.3) is 0 Å². The van der Waals surface area contributed by atoms with Crippen LogP contribution in [0.5, 0.6) is 5.75 Å². The fourth-order valence-corrected chi connectivity index (χ4v) is 1.58. The van der Waals surface area contributed by atoms with Crippen LogP contribution in [0.2, 0.25) is 0 Å². The molecular weight excluding hydrogens is 272 g/mol. The Hall–Kier alpha value is -2.57. The summed E-state index contributed by atoms with van der Waals surface area (Å²) in [7, 11) is 0. The van der Waals surface area contributed by atoms with Gasteiger partial charge >= 0.3 is 11.9 Å². The van der Waals surface area contributed by atoms with Crippen molar-refractivity contribution < 1.29 is 27.8 Å². The summed E-state index contributed by atoms with van der Waals surface area (Å²) >= 11 is 0. The lowest BCUT2D eigenvalue weighted by Crippen LogP contribution is -2.05. The van der Waals surface area contributed by atoms with E-state index in [0.29, 0.717) is 0 Å². The van der Waals surface area contributed by atoms with Crippen LogP contribution in [0.1, 0.15) is 19.4 Å². The molecular formula is C13H9F2NO4. The Morgan fingerprint density at radius 2 is 1.95 bits per heavy atom. The van der Waals surface area contributed by atoms with Crippen LogP contribution in [-0.2, 0) is 14.3 Å². The summed E-state index contributed by atoms with van der Waals surface area (Å²) in [5.74, 6) is -4.29. The Morgan fingerprint density at radius 1 is 1.35 bits per heavy atom. The zero-order valence-electron chi connectivity index (χ0n) is 10.6. The highest BCUT2D eigenvalue weighted by Gasteiger charge is 2.20. The Balaban J connectivity index is 2.38. The molecule has 1 aliphatic heterocycles. The summed E-state index contributed by atoms with van der Waals surface area (Å²) in [6.07, 6.45) is 1.17. The lowest BCUT2D eigenvalue weighted by Gasteiger charge is -2.05. The molecule has 1 heterocycles. The van der Waals surface area contributed by atoms with Crippen molar-refractivity contribution in [2.24, 2.45) is 4.99 Å². The number of benzene rings is 1. The monoisotopic (exact) mass is 281 g/mol. The number of halogens is 2. The summed E-state index contributed by atoms with van der Waals surface area (Å²) in [6.45, 7) is 2.50. The van der Waals surface area contributed by atoms with E-state index in [1.54, 1.807) is 0 Å². The average molecular weight is 281 g/mol. The number of aliphatic imine (C=N–C) groups is 1. The second-order valence-electron chi connectivity index (χ2n) is 3.96. The molecule has 1 aromatic carbocycles. The highest BCUT2D eigenvalue weighted by Crippen LogP contribution is 2.25. The molecule has 2 rings (SSSR count). The average Bonchev–Trinajstić information content (AvgIpc) is 2.62. The van der Waals surface area contributed by atoms with Crippen molar-refractivity contribution in [1.29, 1.82) is 0 Å². The van der Waals surface area contributed by atoms with E-state index in [9.17, 15) is 18.4 Å². The number of cyclic esters (lactones) is 1. The molecule has 1 aliphatic rings. The molecule has 0 unspecified atom stereocenters.